The fraction of sp³-hybridized carbons (Fsp3) is 0.778. The van der Waals surface area contributed by atoms with Crippen LogP contribution in [-0.2, 0) is 9.59 Å². The summed E-state index contributed by atoms with van der Waals surface area (Å²) in [6.07, 6.45) is 1.17. The quantitative estimate of drug-likeness (QED) is 0.589. The minimum atomic E-state index is -0.886. The lowest BCUT2D eigenvalue weighted by Gasteiger charge is -2.30. The number of carbonyl (C=O) groups excluding carboxylic acids is 2. The predicted octanol–water partition coefficient (Wildman–Crippen LogP) is 0.696. The lowest BCUT2D eigenvalue weighted by Crippen LogP contribution is -2.39. The van der Waals surface area contributed by atoms with Crippen molar-refractivity contribution in [2.45, 2.75) is 38.7 Å². The molecule has 1 aliphatic rings. The largest absolute Gasteiger partial charge is 0.390 e. The van der Waals surface area contributed by atoms with Gasteiger partial charge < -0.3 is 5.11 Å². The van der Waals surface area contributed by atoms with Gasteiger partial charge in [0.1, 0.15) is 11.6 Å². The van der Waals surface area contributed by atoms with Crippen LogP contribution in [-0.4, -0.2) is 22.3 Å². The topological polar surface area (TPSA) is 54.4 Å². The minimum Gasteiger partial charge on any atom is -0.390 e. The molecule has 1 aliphatic carbocycles. The number of hydrogen-bond acceptors (Lipinski definition) is 3. The maximum Gasteiger partial charge on any atom is 0.146 e. The first-order valence-electron chi connectivity index (χ1n) is 4.18. The van der Waals surface area contributed by atoms with Gasteiger partial charge in [-0.3, -0.25) is 9.59 Å². The van der Waals surface area contributed by atoms with E-state index in [4.69, 9.17) is 0 Å². The third-order valence-electron chi connectivity index (χ3n) is 2.41. The maximum atomic E-state index is 11.3. The molecular weight excluding hydrogens is 156 g/mol. The summed E-state index contributed by atoms with van der Waals surface area (Å²) in [5.74, 6) is -0.639. The van der Waals surface area contributed by atoms with Gasteiger partial charge in [-0.15, -0.1) is 0 Å². The molecule has 0 aromatic rings. The lowest BCUT2D eigenvalue weighted by atomic mass is 9.77. The molecular formula is C9H14O3. The number of rotatable bonds is 1. The molecule has 0 unspecified atom stereocenters. The average Bonchev–Trinajstić information content (AvgIpc) is 1.83. The van der Waals surface area contributed by atoms with E-state index in [-0.39, 0.29) is 18.0 Å². The van der Waals surface area contributed by atoms with Crippen molar-refractivity contribution in [1.82, 2.24) is 0 Å². The molecule has 1 N–H and O–H groups in total. The first kappa shape index (κ1) is 9.39. The van der Waals surface area contributed by atoms with Gasteiger partial charge in [0.15, 0.2) is 0 Å². The van der Waals surface area contributed by atoms with E-state index in [1.165, 1.54) is 6.92 Å². The maximum absolute atomic E-state index is 11.3. The Balaban J connectivity index is 2.66. The zero-order valence-corrected chi connectivity index (χ0v) is 7.46. The van der Waals surface area contributed by atoms with E-state index in [0.717, 1.165) is 0 Å². The normalized spacial score (nSPS) is 36.6. The van der Waals surface area contributed by atoms with Gasteiger partial charge in [-0.1, -0.05) is 0 Å². The number of hydrogen-bond donors (Lipinski definition) is 1. The summed E-state index contributed by atoms with van der Waals surface area (Å²) < 4.78 is 0. The van der Waals surface area contributed by atoms with Gasteiger partial charge in [-0.25, -0.2) is 0 Å². The molecule has 0 saturated heterocycles. The molecule has 1 saturated carbocycles. The van der Waals surface area contributed by atoms with Crippen LogP contribution in [0.15, 0.2) is 0 Å². The number of Topliss-reactive ketones (excluding diaryl/α,β-unsaturated/α-hetero) is 2. The molecule has 3 nitrogen and oxygen atoms in total. The molecule has 3 heteroatoms. The Kier molecular flexibility index (Phi) is 2.33. The highest BCUT2D eigenvalue weighted by Gasteiger charge is 2.36. The second kappa shape index (κ2) is 2.98. The van der Waals surface area contributed by atoms with E-state index >= 15 is 0 Å². The van der Waals surface area contributed by atoms with E-state index in [0.29, 0.717) is 12.8 Å². The molecule has 0 aromatic heterocycles. The standard InChI is InChI=1S/C9H14O3/c1-6(10)7-3-4-9(2,12)5-8(7)11/h7,12H,3-5H2,1-2H3/t7-,9+/m0/s1. The number of ketones is 2. The van der Waals surface area contributed by atoms with Crippen LogP contribution in [0.25, 0.3) is 0 Å². The molecule has 0 aliphatic heterocycles. The van der Waals surface area contributed by atoms with Crippen molar-refractivity contribution in [3.63, 3.8) is 0 Å². The number of carbonyl (C=O) groups is 2. The highest BCUT2D eigenvalue weighted by molar-refractivity contribution is 6.02. The van der Waals surface area contributed by atoms with Crippen molar-refractivity contribution in [3.05, 3.63) is 0 Å². The minimum absolute atomic E-state index is 0.0736. The molecule has 0 heterocycles. The fourth-order valence-corrected chi connectivity index (χ4v) is 1.63. The highest BCUT2D eigenvalue weighted by atomic mass is 16.3. The molecule has 0 spiro atoms. The Morgan fingerprint density at radius 1 is 1.67 bits per heavy atom. The Morgan fingerprint density at radius 2 is 2.25 bits per heavy atom. The van der Waals surface area contributed by atoms with E-state index in [1.807, 2.05) is 0 Å². The van der Waals surface area contributed by atoms with E-state index < -0.39 is 11.5 Å². The Bertz CT molecular complexity index is 218. The van der Waals surface area contributed by atoms with Crippen molar-refractivity contribution in [2.24, 2.45) is 5.92 Å². The third kappa shape index (κ3) is 1.91. The van der Waals surface area contributed by atoms with E-state index in [9.17, 15) is 14.7 Å². The van der Waals surface area contributed by atoms with Crippen LogP contribution >= 0.6 is 0 Å². The summed E-state index contributed by atoms with van der Waals surface area (Å²) >= 11 is 0. The molecule has 12 heavy (non-hydrogen) atoms. The van der Waals surface area contributed by atoms with Crippen LogP contribution in [0, 0.1) is 5.92 Å². The molecule has 1 fully saturated rings. The molecule has 1 rings (SSSR count). The number of aliphatic hydroxyl groups is 1. The Morgan fingerprint density at radius 3 is 2.67 bits per heavy atom. The van der Waals surface area contributed by atoms with Crippen LogP contribution < -0.4 is 0 Å². The van der Waals surface area contributed by atoms with E-state index in [2.05, 4.69) is 0 Å². The van der Waals surface area contributed by atoms with Crippen LogP contribution in [0.1, 0.15) is 33.1 Å². The van der Waals surface area contributed by atoms with Crippen LogP contribution in [0.3, 0.4) is 0 Å². The van der Waals surface area contributed by atoms with Crippen molar-refractivity contribution >= 4 is 11.6 Å². The smallest absolute Gasteiger partial charge is 0.146 e. The zero-order valence-electron chi connectivity index (χ0n) is 7.46. The van der Waals surface area contributed by atoms with Gasteiger partial charge in [-0.05, 0) is 26.7 Å². The first-order valence-corrected chi connectivity index (χ1v) is 4.18. The third-order valence-corrected chi connectivity index (χ3v) is 2.41. The SMILES string of the molecule is CC(=O)[C@@H]1CC[C@@](C)(O)CC1=O. The van der Waals surface area contributed by atoms with Crippen LogP contribution in [0.5, 0.6) is 0 Å². The summed E-state index contributed by atoms with van der Waals surface area (Å²) in [5.41, 5.74) is -0.886. The van der Waals surface area contributed by atoms with Gasteiger partial charge in [0.25, 0.3) is 0 Å². The van der Waals surface area contributed by atoms with Gasteiger partial charge in [0, 0.05) is 6.42 Å². The fourth-order valence-electron chi connectivity index (χ4n) is 1.63. The average molecular weight is 170 g/mol. The summed E-state index contributed by atoms with van der Waals surface area (Å²) in [4.78, 5) is 22.2. The van der Waals surface area contributed by atoms with Crippen molar-refractivity contribution < 1.29 is 14.7 Å². The van der Waals surface area contributed by atoms with Crippen molar-refractivity contribution in [3.8, 4) is 0 Å². The molecule has 0 bridgehead atoms. The highest BCUT2D eigenvalue weighted by Crippen LogP contribution is 2.29. The molecule has 0 amide bonds. The summed E-state index contributed by atoms with van der Waals surface area (Å²) in [7, 11) is 0. The lowest BCUT2D eigenvalue weighted by molar-refractivity contribution is -0.138. The Labute approximate surface area is 71.8 Å². The van der Waals surface area contributed by atoms with Crippen LogP contribution in [0.2, 0.25) is 0 Å². The second-order valence-electron chi connectivity index (χ2n) is 3.84. The molecule has 0 radical (unpaired) electrons. The van der Waals surface area contributed by atoms with Gasteiger partial charge in [-0.2, -0.15) is 0 Å². The van der Waals surface area contributed by atoms with Crippen LogP contribution in [0.4, 0.5) is 0 Å². The predicted molar refractivity (Wildman–Crippen MR) is 43.7 cm³/mol. The molecule has 2 atom stereocenters. The first-order chi connectivity index (χ1) is 5.42. The van der Waals surface area contributed by atoms with Gasteiger partial charge in [0.2, 0.25) is 0 Å². The Hall–Kier alpha value is -0.700. The van der Waals surface area contributed by atoms with Gasteiger partial charge in [0.05, 0.1) is 11.5 Å². The zero-order chi connectivity index (χ0) is 9.35. The van der Waals surface area contributed by atoms with Crippen molar-refractivity contribution in [2.75, 3.05) is 0 Å². The summed E-state index contributed by atoms with van der Waals surface area (Å²) in [6.45, 7) is 3.07. The molecule has 0 aromatic carbocycles. The summed E-state index contributed by atoms with van der Waals surface area (Å²) in [5, 5.41) is 9.51. The monoisotopic (exact) mass is 170 g/mol. The molecule has 68 valence electrons. The van der Waals surface area contributed by atoms with Gasteiger partial charge >= 0.3 is 0 Å². The van der Waals surface area contributed by atoms with Crippen molar-refractivity contribution in [1.29, 1.82) is 0 Å². The van der Waals surface area contributed by atoms with E-state index in [1.54, 1.807) is 6.92 Å². The summed E-state index contributed by atoms with van der Waals surface area (Å²) in [6, 6.07) is 0. The second-order valence-corrected chi connectivity index (χ2v) is 3.84.